The van der Waals surface area contributed by atoms with Crippen LogP contribution in [0.15, 0.2) is 53.4 Å². The van der Waals surface area contributed by atoms with Gasteiger partial charge in [0.2, 0.25) is 0 Å². The summed E-state index contributed by atoms with van der Waals surface area (Å²) in [5.74, 6) is 0.881. The number of benzene rings is 2. The molecule has 19 heavy (non-hydrogen) atoms. The van der Waals surface area contributed by atoms with Crippen molar-refractivity contribution in [2.45, 2.75) is 16.9 Å². The van der Waals surface area contributed by atoms with E-state index in [0.29, 0.717) is 0 Å². The Kier molecular flexibility index (Phi) is 3.36. The highest BCUT2D eigenvalue weighted by molar-refractivity contribution is 8.00. The van der Waals surface area contributed by atoms with Gasteiger partial charge in [-0.1, -0.05) is 36.0 Å². The largest absolute Gasteiger partial charge is 0.497 e. The predicted octanol–water partition coefficient (Wildman–Crippen LogP) is 3.05. The van der Waals surface area contributed by atoms with Gasteiger partial charge < -0.3 is 15.4 Å². The summed E-state index contributed by atoms with van der Waals surface area (Å²) in [6.45, 7) is 0.794. The van der Waals surface area contributed by atoms with Gasteiger partial charge in [-0.2, -0.15) is 0 Å². The van der Waals surface area contributed by atoms with Crippen LogP contribution in [-0.4, -0.2) is 12.6 Å². The fourth-order valence-electron chi connectivity index (χ4n) is 2.27. The van der Waals surface area contributed by atoms with E-state index in [4.69, 9.17) is 10.5 Å². The maximum absolute atomic E-state index is 6.21. The molecule has 2 aromatic rings. The van der Waals surface area contributed by atoms with E-state index in [1.165, 1.54) is 16.1 Å². The Hall–Kier alpha value is -1.65. The third kappa shape index (κ3) is 2.41. The fraction of sp³-hybridized carbons (Fsp3) is 0.200. The highest BCUT2D eigenvalue weighted by Gasteiger charge is 2.26. The van der Waals surface area contributed by atoms with Crippen molar-refractivity contribution in [1.29, 1.82) is 0 Å². The SMILES string of the molecule is COc1cccc(CN2c3ccccc3SC2N)c1. The van der Waals surface area contributed by atoms with E-state index in [1.54, 1.807) is 18.9 Å². The monoisotopic (exact) mass is 272 g/mol. The molecule has 0 bridgehead atoms. The maximum Gasteiger partial charge on any atom is 0.130 e. The van der Waals surface area contributed by atoms with E-state index in [2.05, 4.69) is 35.2 Å². The highest BCUT2D eigenvalue weighted by atomic mass is 32.2. The van der Waals surface area contributed by atoms with Crippen LogP contribution in [0, 0.1) is 0 Å². The Morgan fingerprint density at radius 2 is 2.05 bits per heavy atom. The Morgan fingerprint density at radius 3 is 2.89 bits per heavy atom. The molecule has 1 unspecified atom stereocenters. The lowest BCUT2D eigenvalue weighted by Crippen LogP contribution is -2.35. The number of nitrogens with zero attached hydrogens (tertiary/aromatic N) is 1. The van der Waals surface area contributed by atoms with Gasteiger partial charge in [0.25, 0.3) is 0 Å². The summed E-state index contributed by atoms with van der Waals surface area (Å²) < 4.78 is 5.26. The Bertz CT molecular complexity index is 588. The summed E-state index contributed by atoms with van der Waals surface area (Å²) in [4.78, 5) is 3.47. The maximum atomic E-state index is 6.21. The number of fused-ring (bicyclic) bond motifs is 1. The van der Waals surface area contributed by atoms with Crippen molar-refractivity contribution < 1.29 is 4.74 Å². The summed E-state index contributed by atoms with van der Waals surface area (Å²) in [5.41, 5.74) is 8.59. The third-order valence-electron chi connectivity index (χ3n) is 3.22. The molecule has 0 saturated heterocycles. The summed E-state index contributed by atoms with van der Waals surface area (Å²) >= 11 is 1.70. The van der Waals surface area contributed by atoms with Crippen LogP contribution in [0.3, 0.4) is 0 Å². The second kappa shape index (κ2) is 5.15. The second-order valence-electron chi connectivity index (χ2n) is 4.46. The van der Waals surface area contributed by atoms with Gasteiger partial charge in [-0.05, 0) is 29.8 Å². The van der Waals surface area contributed by atoms with E-state index in [0.717, 1.165) is 12.3 Å². The zero-order valence-corrected chi connectivity index (χ0v) is 11.6. The molecular weight excluding hydrogens is 256 g/mol. The molecule has 4 heteroatoms. The van der Waals surface area contributed by atoms with Crippen molar-refractivity contribution in [3.63, 3.8) is 0 Å². The van der Waals surface area contributed by atoms with Gasteiger partial charge in [-0.15, -0.1) is 0 Å². The van der Waals surface area contributed by atoms with E-state index in [9.17, 15) is 0 Å². The quantitative estimate of drug-likeness (QED) is 0.932. The van der Waals surface area contributed by atoms with E-state index in [-0.39, 0.29) is 5.50 Å². The lowest BCUT2D eigenvalue weighted by molar-refractivity contribution is 0.414. The van der Waals surface area contributed by atoms with Crippen LogP contribution in [0.1, 0.15) is 5.56 Å². The number of hydrogen-bond acceptors (Lipinski definition) is 4. The highest BCUT2D eigenvalue weighted by Crippen LogP contribution is 2.41. The number of nitrogens with two attached hydrogens (primary N) is 1. The summed E-state index contributed by atoms with van der Waals surface area (Å²) in [6, 6.07) is 16.5. The van der Waals surface area contributed by atoms with Gasteiger partial charge in [0.05, 0.1) is 12.8 Å². The summed E-state index contributed by atoms with van der Waals surface area (Å²) in [5, 5.41) is 0. The number of hydrogen-bond donors (Lipinski definition) is 1. The normalized spacial score (nSPS) is 17.4. The minimum absolute atomic E-state index is 0.0244. The van der Waals surface area contributed by atoms with Crippen LogP contribution in [0.2, 0.25) is 0 Å². The molecule has 0 amide bonds. The van der Waals surface area contributed by atoms with Gasteiger partial charge in [0.15, 0.2) is 0 Å². The molecular formula is C15H16N2OS. The average Bonchev–Trinajstić information content (AvgIpc) is 2.76. The standard InChI is InChI=1S/C15H16N2OS/c1-18-12-6-4-5-11(9-12)10-17-13-7-2-3-8-14(13)19-15(17)16/h2-9,15H,10,16H2,1H3. The molecule has 98 valence electrons. The lowest BCUT2D eigenvalue weighted by Gasteiger charge is -2.23. The third-order valence-corrected chi connectivity index (χ3v) is 4.31. The molecule has 3 nitrogen and oxygen atoms in total. The zero-order valence-electron chi connectivity index (χ0n) is 10.7. The first-order valence-corrected chi connectivity index (χ1v) is 7.07. The van der Waals surface area contributed by atoms with Gasteiger partial charge in [-0.25, -0.2) is 0 Å². The number of para-hydroxylation sites is 1. The Balaban J connectivity index is 1.87. The van der Waals surface area contributed by atoms with Crippen LogP contribution in [-0.2, 0) is 6.54 Å². The van der Waals surface area contributed by atoms with Gasteiger partial charge in [0.1, 0.15) is 11.2 Å². The molecule has 0 radical (unpaired) electrons. The first kappa shape index (κ1) is 12.4. The van der Waals surface area contributed by atoms with Crippen molar-refractivity contribution in [1.82, 2.24) is 0 Å². The van der Waals surface area contributed by atoms with Gasteiger partial charge in [0, 0.05) is 11.4 Å². The molecule has 1 atom stereocenters. The molecule has 0 aromatic heterocycles. The van der Waals surface area contributed by atoms with Crippen molar-refractivity contribution in [2.75, 3.05) is 12.0 Å². The molecule has 2 N–H and O–H groups in total. The summed E-state index contributed by atoms with van der Waals surface area (Å²) in [6.07, 6.45) is 0. The second-order valence-corrected chi connectivity index (χ2v) is 5.61. The smallest absolute Gasteiger partial charge is 0.130 e. The number of methoxy groups -OCH3 is 1. The minimum atomic E-state index is -0.0244. The van der Waals surface area contributed by atoms with E-state index >= 15 is 0 Å². The molecule has 0 fully saturated rings. The van der Waals surface area contributed by atoms with Crippen molar-refractivity contribution >= 4 is 17.4 Å². The summed E-state index contributed by atoms with van der Waals surface area (Å²) in [7, 11) is 1.69. The number of anilines is 1. The molecule has 1 aliphatic heterocycles. The lowest BCUT2D eigenvalue weighted by atomic mass is 10.2. The topological polar surface area (TPSA) is 38.5 Å². The van der Waals surface area contributed by atoms with Crippen LogP contribution < -0.4 is 15.4 Å². The number of thioether (sulfide) groups is 1. The molecule has 1 aliphatic rings. The van der Waals surface area contributed by atoms with Crippen LogP contribution in [0.4, 0.5) is 5.69 Å². The van der Waals surface area contributed by atoms with Crippen LogP contribution in [0.5, 0.6) is 5.75 Å². The molecule has 3 rings (SSSR count). The van der Waals surface area contributed by atoms with E-state index in [1.807, 2.05) is 18.2 Å². The van der Waals surface area contributed by atoms with Crippen molar-refractivity contribution in [3.8, 4) is 5.75 Å². The minimum Gasteiger partial charge on any atom is -0.497 e. The molecule has 1 heterocycles. The molecule has 0 aliphatic carbocycles. The van der Waals surface area contributed by atoms with Gasteiger partial charge >= 0.3 is 0 Å². The number of ether oxygens (including phenoxy) is 1. The molecule has 2 aromatic carbocycles. The fourth-order valence-corrected chi connectivity index (χ4v) is 3.31. The number of rotatable bonds is 3. The predicted molar refractivity (Wildman–Crippen MR) is 79.5 cm³/mol. The van der Waals surface area contributed by atoms with Crippen molar-refractivity contribution in [2.24, 2.45) is 5.73 Å². The molecule has 0 saturated carbocycles. The Morgan fingerprint density at radius 1 is 1.21 bits per heavy atom. The van der Waals surface area contributed by atoms with Gasteiger partial charge in [-0.3, -0.25) is 0 Å². The molecule has 0 spiro atoms. The zero-order chi connectivity index (χ0) is 13.2. The average molecular weight is 272 g/mol. The van der Waals surface area contributed by atoms with Crippen LogP contribution in [0.25, 0.3) is 0 Å². The Labute approximate surface area is 117 Å². The first-order valence-electron chi connectivity index (χ1n) is 6.19. The first-order chi connectivity index (χ1) is 9.28. The van der Waals surface area contributed by atoms with Crippen LogP contribution >= 0.6 is 11.8 Å². The van der Waals surface area contributed by atoms with E-state index < -0.39 is 0 Å². The van der Waals surface area contributed by atoms with Crippen molar-refractivity contribution in [3.05, 3.63) is 54.1 Å².